The zero-order chi connectivity index (χ0) is 14.8. The molecule has 0 radical (unpaired) electrons. The fourth-order valence-electron chi connectivity index (χ4n) is 2.26. The molecular weight excluding hydrogens is 302 g/mol. The molecule has 0 spiro atoms. The molecule has 3 aromatic rings. The Balaban J connectivity index is 2.03. The van der Waals surface area contributed by atoms with Crippen molar-refractivity contribution in [2.24, 2.45) is 0 Å². The Morgan fingerprint density at radius 2 is 1.86 bits per heavy atom. The van der Waals surface area contributed by atoms with Crippen molar-refractivity contribution >= 4 is 38.8 Å². The van der Waals surface area contributed by atoms with Crippen LogP contribution >= 0.6 is 22.9 Å². The zero-order valence-corrected chi connectivity index (χ0v) is 12.5. The first-order valence-electron chi connectivity index (χ1n) is 6.36. The Morgan fingerprint density at radius 3 is 2.57 bits per heavy atom. The van der Waals surface area contributed by atoms with Crippen molar-refractivity contribution in [3.63, 3.8) is 0 Å². The number of thiophene rings is 1. The van der Waals surface area contributed by atoms with Crippen molar-refractivity contribution in [3.05, 3.63) is 70.1 Å². The lowest BCUT2D eigenvalue weighted by atomic mass is 9.92. The van der Waals surface area contributed by atoms with Gasteiger partial charge in [0.15, 0.2) is 5.78 Å². The van der Waals surface area contributed by atoms with Gasteiger partial charge in [-0.25, -0.2) is 0 Å². The van der Waals surface area contributed by atoms with Gasteiger partial charge in [-0.15, -0.1) is 11.3 Å². The fraction of sp³-hybridized carbons (Fsp3) is 0.0588. The number of ketones is 1. The number of Topliss-reactive ketones (excluding diaryl/α,β-unsaturated/α-hetero) is 1. The highest BCUT2D eigenvalue weighted by Crippen LogP contribution is 2.30. The van der Waals surface area contributed by atoms with Crippen LogP contribution in [0.4, 0.5) is 0 Å². The summed E-state index contributed by atoms with van der Waals surface area (Å²) in [5, 5.41) is 12.7. The van der Waals surface area contributed by atoms with Crippen molar-refractivity contribution < 1.29 is 4.79 Å². The average Bonchev–Trinajstić information content (AvgIpc) is 2.94. The van der Waals surface area contributed by atoms with Crippen molar-refractivity contribution in [1.29, 1.82) is 5.26 Å². The summed E-state index contributed by atoms with van der Waals surface area (Å²) in [5.41, 5.74) is 1.28. The van der Waals surface area contributed by atoms with Crippen LogP contribution in [0.15, 0.2) is 53.9 Å². The largest absolute Gasteiger partial charge is 0.292 e. The van der Waals surface area contributed by atoms with E-state index in [1.165, 1.54) is 11.3 Å². The highest BCUT2D eigenvalue weighted by atomic mass is 35.5. The molecule has 21 heavy (non-hydrogen) atoms. The molecule has 0 aliphatic heterocycles. The van der Waals surface area contributed by atoms with Gasteiger partial charge in [-0.3, -0.25) is 4.79 Å². The lowest BCUT2D eigenvalue weighted by Crippen LogP contribution is -2.10. The zero-order valence-electron chi connectivity index (χ0n) is 10.9. The average molecular weight is 312 g/mol. The summed E-state index contributed by atoms with van der Waals surface area (Å²) >= 11 is 7.37. The lowest BCUT2D eigenvalue weighted by Gasteiger charge is -2.08. The highest BCUT2D eigenvalue weighted by Gasteiger charge is 2.24. The van der Waals surface area contributed by atoms with Gasteiger partial charge in [-0.2, -0.15) is 5.26 Å². The number of benzene rings is 2. The number of nitriles is 1. The first kappa shape index (κ1) is 13.8. The molecule has 1 heterocycles. The van der Waals surface area contributed by atoms with Gasteiger partial charge in [-0.1, -0.05) is 41.9 Å². The fourth-order valence-corrected chi connectivity index (χ4v) is 3.34. The summed E-state index contributed by atoms with van der Waals surface area (Å²) in [6, 6.07) is 16.7. The monoisotopic (exact) mass is 311 g/mol. The van der Waals surface area contributed by atoms with Crippen LogP contribution in [0.25, 0.3) is 10.1 Å². The molecular formula is C17H10ClNOS. The van der Waals surface area contributed by atoms with Crippen molar-refractivity contribution in [1.82, 2.24) is 0 Å². The van der Waals surface area contributed by atoms with Gasteiger partial charge in [0.25, 0.3) is 0 Å². The normalized spacial score (nSPS) is 12.0. The molecule has 0 aliphatic rings. The number of nitrogens with zero attached hydrogens (tertiary/aromatic N) is 1. The second-order valence-electron chi connectivity index (χ2n) is 4.62. The highest BCUT2D eigenvalue weighted by molar-refractivity contribution is 7.17. The van der Waals surface area contributed by atoms with E-state index in [-0.39, 0.29) is 5.78 Å². The predicted octanol–water partition coefficient (Wildman–Crippen LogP) is 5.04. The molecule has 4 heteroatoms. The molecule has 3 rings (SSSR count). The summed E-state index contributed by atoms with van der Waals surface area (Å²) in [4.78, 5) is 12.7. The Hall–Kier alpha value is -2.15. The Bertz CT molecular complexity index is 845. The summed E-state index contributed by atoms with van der Waals surface area (Å²) < 4.78 is 1.05. The molecule has 1 unspecified atom stereocenters. The topological polar surface area (TPSA) is 40.9 Å². The third-order valence-electron chi connectivity index (χ3n) is 3.34. The molecule has 0 N–H and O–H groups in total. The molecule has 0 saturated carbocycles. The van der Waals surface area contributed by atoms with Crippen LogP contribution in [0, 0.1) is 11.3 Å². The number of carbonyl (C=O) groups excluding carboxylic acids is 1. The molecule has 0 fully saturated rings. The first-order chi connectivity index (χ1) is 10.2. The van der Waals surface area contributed by atoms with Gasteiger partial charge in [-0.05, 0) is 23.8 Å². The minimum absolute atomic E-state index is 0.169. The van der Waals surface area contributed by atoms with Crippen LogP contribution in [0.5, 0.6) is 0 Å². The summed E-state index contributed by atoms with van der Waals surface area (Å²) in [6.45, 7) is 0. The van der Waals surface area contributed by atoms with E-state index in [9.17, 15) is 10.1 Å². The second kappa shape index (κ2) is 5.69. The lowest BCUT2D eigenvalue weighted by molar-refractivity contribution is 0.0981. The second-order valence-corrected chi connectivity index (χ2v) is 5.97. The molecule has 1 aromatic heterocycles. The maximum absolute atomic E-state index is 12.7. The number of hydrogen-bond donors (Lipinski definition) is 0. The van der Waals surface area contributed by atoms with Crippen LogP contribution in [-0.4, -0.2) is 5.78 Å². The predicted molar refractivity (Wildman–Crippen MR) is 86.0 cm³/mol. The Kier molecular flexibility index (Phi) is 3.74. The van der Waals surface area contributed by atoms with Crippen LogP contribution in [0.1, 0.15) is 21.8 Å². The maximum atomic E-state index is 12.7. The van der Waals surface area contributed by atoms with E-state index in [0.717, 1.165) is 10.1 Å². The van der Waals surface area contributed by atoms with E-state index in [1.807, 2.05) is 29.6 Å². The molecule has 2 nitrogen and oxygen atoms in total. The van der Waals surface area contributed by atoms with E-state index < -0.39 is 5.92 Å². The third kappa shape index (κ3) is 2.56. The smallest absolute Gasteiger partial charge is 0.185 e. The Labute approximate surface area is 131 Å². The summed E-state index contributed by atoms with van der Waals surface area (Å²) in [5.74, 6) is -0.974. The summed E-state index contributed by atoms with van der Waals surface area (Å²) in [7, 11) is 0. The van der Waals surface area contributed by atoms with Crippen molar-refractivity contribution in [3.8, 4) is 6.07 Å². The number of rotatable bonds is 3. The molecule has 0 bridgehead atoms. The molecule has 102 valence electrons. The Morgan fingerprint density at radius 1 is 1.14 bits per heavy atom. The van der Waals surface area contributed by atoms with E-state index in [0.29, 0.717) is 16.1 Å². The molecule has 0 saturated heterocycles. The van der Waals surface area contributed by atoms with Gasteiger partial charge in [0.2, 0.25) is 0 Å². The number of carbonyl (C=O) groups is 1. The maximum Gasteiger partial charge on any atom is 0.185 e. The molecule has 0 aliphatic carbocycles. The van der Waals surface area contributed by atoms with E-state index in [2.05, 4.69) is 6.07 Å². The van der Waals surface area contributed by atoms with Crippen LogP contribution in [0.3, 0.4) is 0 Å². The number of fused-ring (bicyclic) bond motifs is 1. The minimum Gasteiger partial charge on any atom is -0.292 e. The van der Waals surface area contributed by atoms with Crippen LogP contribution in [0.2, 0.25) is 5.02 Å². The molecule has 0 amide bonds. The summed E-state index contributed by atoms with van der Waals surface area (Å²) in [6.07, 6.45) is 0. The molecule has 1 atom stereocenters. The SMILES string of the molecule is N#CC(C(=O)c1csc2ccccc12)c1ccc(Cl)cc1. The van der Waals surface area contributed by atoms with Gasteiger partial charge < -0.3 is 0 Å². The standard InChI is InChI=1S/C17H10ClNOS/c18-12-7-5-11(6-8-12)14(9-19)17(20)15-10-21-16-4-2-1-3-13(15)16/h1-8,10,14H. The minimum atomic E-state index is -0.805. The first-order valence-corrected chi connectivity index (χ1v) is 7.62. The van der Waals surface area contributed by atoms with Gasteiger partial charge in [0.1, 0.15) is 5.92 Å². The third-order valence-corrected chi connectivity index (χ3v) is 4.56. The van der Waals surface area contributed by atoms with Crippen LogP contribution in [-0.2, 0) is 0 Å². The van der Waals surface area contributed by atoms with Gasteiger partial charge in [0.05, 0.1) is 6.07 Å². The molecule has 2 aromatic carbocycles. The number of hydrogen-bond acceptors (Lipinski definition) is 3. The van der Waals surface area contributed by atoms with Crippen LogP contribution < -0.4 is 0 Å². The quantitative estimate of drug-likeness (QED) is 0.635. The van der Waals surface area contributed by atoms with E-state index in [1.54, 1.807) is 24.3 Å². The number of halogens is 1. The van der Waals surface area contributed by atoms with Gasteiger partial charge >= 0.3 is 0 Å². The van der Waals surface area contributed by atoms with Gasteiger partial charge in [0, 0.05) is 26.1 Å². The van der Waals surface area contributed by atoms with E-state index in [4.69, 9.17) is 11.6 Å². The van der Waals surface area contributed by atoms with Crippen molar-refractivity contribution in [2.75, 3.05) is 0 Å². The van der Waals surface area contributed by atoms with Crippen molar-refractivity contribution in [2.45, 2.75) is 5.92 Å². The van der Waals surface area contributed by atoms with E-state index >= 15 is 0 Å².